The van der Waals surface area contributed by atoms with E-state index in [0.717, 1.165) is 0 Å². The molecule has 2 unspecified atom stereocenters. The third-order valence-electron chi connectivity index (χ3n) is 1.96. The monoisotopic (exact) mass is 189 g/mol. The first-order valence-corrected chi connectivity index (χ1v) is 4.23. The van der Waals surface area contributed by atoms with Crippen LogP contribution in [0.15, 0.2) is 0 Å². The van der Waals surface area contributed by atoms with Gasteiger partial charge >= 0.3 is 5.97 Å². The van der Waals surface area contributed by atoms with Crippen LogP contribution >= 0.6 is 0 Å². The summed E-state index contributed by atoms with van der Waals surface area (Å²) in [5.74, 6) is -0.834. The van der Waals surface area contributed by atoms with Gasteiger partial charge in [-0.05, 0) is 5.92 Å². The number of nitrogens with one attached hydrogen (secondary N) is 1. The summed E-state index contributed by atoms with van der Waals surface area (Å²) in [6.45, 7) is 3.69. The van der Waals surface area contributed by atoms with Crippen molar-refractivity contribution in [2.24, 2.45) is 5.92 Å². The Morgan fingerprint density at radius 2 is 2.23 bits per heavy atom. The summed E-state index contributed by atoms with van der Waals surface area (Å²) in [6.07, 6.45) is -0.561. The number of aliphatic carboxylic acids is 1. The molecular weight excluding hydrogens is 174 g/mol. The minimum atomic E-state index is -0.861. The number of carbonyl (C=O) groups is 1. The van der Waals surface area contributed by atoms with E-state index in [2.05, 4.69) is 5.32 Å². The maximum atomic E-state index is 10.7. The molecular formula is C8H15NO4. The number of carboxylic acid groups (broad SMARTS) is 1. The van der Waals surface area contributed by atoms with Crippen LogP contribution in [0.5, 0.6) is 0 Å². The van der Waals surface area contributed by atoms with Crippen molar-refractivity contribution in [3.8, 4) is 0 Å². The van der Waals surface area contributed by atoms with Crippen LogP contribution in [0.4, 0.5) is 0 Å². The zero-order valence-corrected chi connectivity index (χ0v) is 7.98. The molecule has 0 aromatic carbocycles. The van der Waals surface area contributed by atoms with Gasteiger partial charge in [0.05, 0.1) is 0 Å². The molecule has 0 radical (unpaired) electrons. The highest BCUT2D eigenvalue weighted by atomic mass is 16.8. The molecule has 1 aliphatic heterocycles. The Morgan fingerprint density at radius 3 is 2.54 bits per heavy atom. The van der Waals surface area contributed by atoms with E-state index in [-0.39, 0.29) is 18.4 Å². The molecule has 0 aromatic rings. The van der Waals surface area contributed by atoms with Crippen LogP contribution in [0.3, 0.4) is 0 Å². The first-order chi connectivity index (χ1) is 6.06. The van der Waals surface area contributed by atoms with Crippen molar-refractivity contribution >= 4 is 5.97 Å². The lowest BCUT2D eigenvalue weighted by atomic mass is 10.1. The van der Waals surface area contributed by atoms with Crippen molar-refractivity contribution in [1.29, 1.82) is 0 Å². The third-order valence-corrected chi connectivity index (χ3v) is 1.96. The number of carboxylic acids is 1. The SMILES string of the molecule is COC1OC1N[C@H](C(=O)O)C(C)C. The van der Waals surface area contributed by atoms with E-state index < -0.39 is 12.0 Å². The minimum Gasteiger partial charge on any atom is -0.480 e. The summed E-state index contributed by atoms with van der Waals surface area (Å²) >= 11 is 0. The highest BCUT2D eigenvalue weighted by Crippen LogP contribution is 2.21. The molecule has 0 aliphatic carbocycles. The van der Waals surface area contributed by atoms with Crippen LogP contribution in [0.25, 0.3) is 0 Å². The maximum absolute atomic E-state index is 10.7. The van der Waals surface area contributed by atoms with Gasteiger partial charge in [0.1, 0.15) is 6.04 Å². The predicted octanol–water partition coefficient (Wildman–Crippen LogP) is 0.0140. The number of ether oxygens (including phenoxy) is 2. The Labute approximate surface area is 77.0 Å². The Morgan fingerprint density at radius 1 is 1.62 bits per heavy atom. The van der Waals surface area contributed by atoms with E-state index in [1.807, 2.05) is 13.8 Å². The number of hydrogen-bond donors (Lipinski definition) is 2. The number of methoxy groups -OCH3 is 1. The fraction of sp³-hybridized carbons (Fsp3) is 0.875. The first-order valence-electron chi connectivity index (χ1n) is 4.23. The molecule has 1 aliphatic rings. The summed E-state index contributed by atoms with van der Waals surface area (Å²) in [7, 11) is 1.53. The molecule has 0 aromatic heterocycles. The largest absolute Gasteiger partial charge is 0.480 e. The van der Waals surface area contributed by atoms with Crippen LogP contribution < -0.4 is 5.32 Å². The fourth-order valence-corrected chi connectivity index (χ4v) is 1.12. The zero-order valence-electron chi connectivity index (χ0n) is 7.98. The van der Waals surface area contributed by atoms with Crippen molar-refractivity contribution < 1.29 is 19.4 Å². The van der Waals surface area contributed by atoms with Gasteiger partial charge in [-0.25, -0.2) is 0 Å². The summed E-state index contributed by atoms with van der Waals surface area (Å²) in [6, 6.07) is -0.579. The molecule has 1 heterocycles. The summed E-state index contributed by atoms with van der Waals surface area (Å²) in [4.78, 5) is 10.7. The molecule has 76 valence electrons. The lowest BCUT2D eigenvalue weighted by molar-refractivity contribution is -0.140. The highest BCUT2D eigenvalue weighted by Gasteiger charge is 2.42. The molecule has 2 N–H and O–H groups in total. The molecule has 5 heteroatoms. The van der Waals surface area contributed by atoms with Crippen LogP contribution in [0, 0.1) is 5.92 Å². The van der Waals surface area contributed by atoms with Crippen molar-refractivity contribution in [1.82, 2.24) is 5.32 Å². The molecule has 0 spiro atoms. The standard InChI is InChI=1S/C8H15NO4/c1-4(2)5(7(10)11)9-6-8(12-3)13-6/h4-6,8-9H,1-3H3,(H,10,11)/t5-,6?,8?/m0/s1. The van der Waals surface area contributed by atoms with Gasteiger partial charge in [-0.1, -0.05) is 13.8 Å². The van der Waals surface area contributed by atoms with Gasteiger partial charge in [0.15, 0.2) is 12.5 Å². The molecule has 1 saturated heterocycles. The molecule has 0 amide bonds. The van der Waals surface area contributed by atoms with Crippen molar-refractivity contribution in [2.45, 2.75) is 32.4 Å². The third kappa shape index (κ3) is 2.65. The number of epoxide rings is 1. The molecule has 13 heavy (non-hydrogen) atoms. The van der Waals surface area contributed by atoms with Gasteiger partial charge in [-0.3, -0.25) is 10.1 Å². The smallest absolute Gasteiger partial charge is 0.321 e. The van der Waals surface area contributed by atoms with Crippen LogP contribution in [-0.4, -0.2) is 36.7 Å². The van der Waals surface area contributed by atoms with Gasteiger partial charge < -0.3 is 14.6 Å². The van der Waals surface area contributed by atoms with Gasteiger partial charge in [-0.15, -0.1) is 0 Å². The van der Waals surface area contributed by atoms with Gasteiger partial charge in [0.2, 0.25) is 0 Å². The Hall–Kier alpha value is -0.650. The Balaban J connectivity index is 2.36. The number of rotatable bonds is 5. The highest BCUT2D eigenvalue weighted by molar-refractivity contribution is 5.73. The summed E-state index contributed by atoms with van der Waals surface area (Å²) in [5.41, 5.74) is 0. The second-order valence-corrected chi connectivity index (χ2v) is 3.39. The quantitative estimate of drug-likeness (QED) is 0.596. The van der Waals surface area contributed by atoms with Gasteiger partial charge in [0, 0.05) is 7.11 Å². The van der Waals surface area contributed by atoms with Gasteiger partial charge in [-0.2, -0.15) is 0 Å². The van der Waals surface area contributed by atoms with E-state index in [9.17, 15) is 4.79 Å². The molecule has 1 fully saturated rings. The fourth-order valence-electron chi connectivity index (χ4n) is 1.12. The molecule has 0 bridgehead atoms. The number of hydrogen-bond acceptors (Lipinski definition) is 4. The lowest BCUT2D eigenvalue weighted by Gasteiger charge is -2.15. The average molecular weight is 189 g/mol. The zero-order chi connectivity index (χ0) is 10.0. The maximum Gasteiger partial charge on any atom is 0.321 e. The van der Waals surface area contributed by atoms with E-state index in [1.165, 1.54) is 7.11 Å². The Kier molecular flexibility index (Phi) is 3.24. The molecule has 1 rings (SSSR count). The van der Waals surface area contributed by atoms with E-state index >= 15 is 0 Å². The van der Waals surface area contributed by atoms with Crippen LogP contribution in [0.2, 0.25) is 0 Å². The van der Waals surface area contributed by atoms with Crippen LogP contribution in [-0.2, 0) is 14.3 Å². The molecule has 3 atom stereocenters. The molecule has 5 nitrogen and oxygen atoms in total. The van der Waals surface area contributed by atoms with E-state index in [1.54, 1.807) is 0 Å². The van der Waals surface area contributed by atoms with E-state index in [4.69, 9.17) is 14.6 Å². The van der Waals surface area contributed by atoms with Crippen LogP contribution in [0.1, 0.15) is 13.8 Å². The van der Waals surface area contributed by atoms with Crippen molar-refractivity contribution in [3.63, 3.8) is 0 Å². The summed E-state index contributed by atoms with van der Waals surface area (Å²) < 4.78 is 9.86. The predicted molar refractivity (Wildman–Crippen MR) is 45.1 cm³/mol. The second-order valence-electron chi connectivity index (χ2n) is 3.39. The van der Waals surface area contributed by atoms with E-state index in [0.29, 0.717) is 0 Å². The van der Waals surface area contributed by atoms with Gasteiger partial charge in [0.25, 0.3) is 0 Å². The Bertz CT molecular complexity index is 195. The minimum absolute atomic E-state index is 0.0270. The second kappa shape index (κ2) is 4.04. The topological polar surface area (TPSA) is 71.1 Å². The first kappa shape index (κ1) is 10.4. The average Bonchev–Trinajstić information content (AvgIpc) is 2.77. The normalized spacial score (nSPS) is 28.9. The molecule has 0 saturated carbocycles. The van der Waals surface area contributed by atoms with Crippen molar-refractivity contribution in [2.75, 3.05) is 7.11 Å². The summed E-state index contributed by atoms with van der Waals surface area (Å²) in [5, 5.41) is 11.7. The lowest BCUT2D eigenvalue weighted by Crippen LogP contribution is -2.43. The van der Waals surface area contributed by atoms with Crippen molar-refractivity contribution in [3.05, 3.63) is 0 Å².